The molecule has 140 valence electrons. The van der Waals surface area contributed by atoms with Gasteiger partial charge in [-0.1, -0.05) is 17.7 Å². The van der Waals surface area contributed by atoms with Gasteiger partial charge in [-0.2, -0.15) is 0 Å². The number of aliphatic hydroxyl groups excluding tert-OH is 1. The van der Waals surface area contributed by atoms with Gasteiger partial charge < -0.3 is 20.5 Å². The number of ether oxygens (including phenoxy) is 1. The second-order valence-corrected chi connectivity index (χ2v) is 6.13. The summed E-state index contributed by atoms with van der Waals surface area (Å²) in [4.78, 5) is 8.48. The fourth-order valence-corrected chi connectivity index (χ4v) is 2.66. The lowest BCUT2D eigenvalue weighted by Gasteiger charge is -2.21. The second kappa shape index (κ2) is 9.77. The molecule has 0 saturated heterocycles. The van der Waals surface area contributed by atoms with Gasteiger partial charge in [0.05, 0.1) is 25.8 Å². The van der Waals surface area contributed by atoms with Gasteiger partial charge in [0.15, 0.2) is 5.96 Å². The Morgan fingerprint density at radius 2 is 2.00 bits per heavy atom. The van der Waals surface area contributed by atoms with E-state index in [4.69, 9.17) is 4.74 Å². The minimum Gasteiger partial charge on any atom is -0.496 e. The average molecular weight is 356 g/mol. The van der Waals surface area contributed by atoms with E-state index in [1.165, 1.54) is 5.56 Å². The highest BCUT2D eigenvalue weighted by Crippen LogP contribution is 2.26. The van der Waals surface area contributed by atoms with Crippen LogP contribution in [0.5, 0.6) is 5.75 Å². The lowest BCUT2D eigenvalue weighted by molar-refractivity contribution is 0.187. The van der Waals surface area contributed by atoms with E-state index < -0.39 is 6.10 Å². The smallest absolute Gasteiger partial charge is 0.191 e. The molecule has 2 aromatic rings. The number of nitrogens with zero attached hydrogens (tertiary/aromatic N) is 2. The maximum atomic E-state index is 10.3. The van der Waals surface area contributed by atoms with Crippen LogP contribution in [0, 0.1) is 6.92 Å². The van der Waals surface area contributed by atoms with E-state index >= 15 is 0 Å². The van der Waals surface area contributed by atoms with E-state index in [0.29, 0.717) is 5.96 Å². The average Bonchev–Trinajstić information content (AvgIpc) is 2.66. The Morgan fingerprint density at radius 1 is 1.27 bits per heavy atom. The Kier molecular flexibility index (Phi) is 7.41. The number of aryl methyl sites for hydroxylation is 1. The number of hydrogen-bond donors (Lipinski definition) is 3. The largest absolute Gasteiger partial charge is 0.496 e. The fourth-order valence-electron chi connectivity index (χ4n) is 2.66. The maximum absolute atomic E-state index is 10.3. The van der Waals surface area contributed by atoms with E-state index in [0.717, 1.165) is 23.4 Å². The Morgan fingerprint density at radius 3 is 2.65 bits per heavy atom. The van der Waals surface area contributed by atoms with E-state index in [-0.39, 0.29) is 12.6 Å². The van der Waals surface area contributed by atoms with Crippen LogP contribution < -0.4 is 15.4 Å². The van der Waals surface area contributed by atoms with E-state index in [1.807, 2.05) is 19.1 Å². The molecule has 0 saturated carbocycles. The highest BCUT2D eigenvalue weighted by atomic mass is 16.5. The van der Waals surface area contributed by atoms with Crippen molar-refractivity contribution >= 4 is 5.96 Å². The summed E-state index contributed by atoms with van der Waals surface area (Å²) in [5, 5.41) is 16.9. The summed E-state index contributed by atoms with van der Waals surface area (Å²) in [7, 11) is 1.67. The molecule has 6 nitrogen and oxygen atoms in total. The first-order valence-electron chi connectivity index (χ1n) is 8.82. The number of nitrogens with one attached hydrogen (secondary N) is 2. The summed E-state index contributed by atoms with van der Waals surface area (Å²) in [6.45, 7) is 7.11. The van der Waals surface area contributed by atoms with Crippen molar-refractivity contribution in [3.8, 4) is 5.75 Å². The van der Waals surface area contributed by atoms with Gasteiger partial charge in [-0.15, -0.1) is 0 Å². The van der Waals surface area contributed by atoms with Crippen molar-refractivity contribution in [1.82, 2.24) is 15.6 Å². The SMILES string of the molecule is CCNC(=NCC(O)c1ccncc1)NC(C)c1cc(C)ccc1OC. The number of pyridine rings is 1. The molecule has 2 rings (SSSR count). The number of guanidine groups is 1. The lowest BCUT2D eigenvalue weighted by atomic mass is 10.0. The summed E-state index contributed by atoms with van der Waals surface area (Å²) in [6, 6.07) is 9.69. The number of hydrogen-bond acceptors (Lipinski definition) is 4. The van der Waals surface area contributed by atoms with Gasteiger partial charge >= 0.3 is 0 Å². The molecule has 0 aliphatic rings. The summed E-state index contributed by atoms with van der Waals surface area (Å²) >= 11 is 0. The van der Waals surface area contributed by atoms with Gasteiger partial charge in [0.2, 0.25) is 0 Å². The zero-order valence-electron chi connectivity index (χ0n) is 15.9. The highest BCUT2D eigenvalue weighted by Gasteiger charge is 2.14. The molecular formula is C20H28N4O2. The standard InChI is InChI=1S/C20H28N4O2/c1-5-22-20(23-13-18(25)16-8-10-21-11-9-16)24-15(3)17-12-14(2)6-7-19(17)26-4/h6-12,15,18,25H,5,13H2,1-4H3,(H2,22,23,24). The molecule has 0 radical (unpaired) electrons. The van der Waals surface area contributed by atoms with E-state index in [9.17, 15) is 5.11 Å². The molecule has 2 atom stereocenters. The van der Waals surface area contributed by atoms with E-state index in [1.54, 1.807) is 31.6 Å². The first-order chi connectivity index (χ1) is 12.5. The van der Waals surface area contributed by atoms with Crippen molar-refractivity contribution in [3.05, 3.63) is 59.4 Å². The van der Waals surface area contributed by atoms with Crippen molar-refractivity contribution in [2.45, 2.75) is 32.9 Å². The Hall–Kier alpha value is -2.60. The molecule has 2 unspecified atom stereocenters. The van der Waals surface area contributed by atoms with Crippen LogP contribution in [0.1, 0.15) is 42.7 Å². The second-order valence-electron chi connectivity index (χ2n) is 6.13. The maximum Gasteiger partial charge on any atom is 0.191 e. The van der Waals surface area contributed by atoms with Crippen molar-refractivity contribution in [2.24, 2.45) is 4.99 Å². The summed E-state index contributed by atoms with van der Waals surface area (Å²) in [5.74, 6) is 1.49. The number of aromatic nitrogens is 1. The molecule has 26 heavy (non-hydrogen) atoms. The van der Waals surface area contributed by atoms with Crippen LogP contribution in [-0.4, -0.2) is 36.2 Å². The molecule has 0 aliphatic heterocycles. The molecule has 0 spiro atoms. The van der Waals surface area contributed by atoms with Gasteiger partial charge in [0.1, 0.15) is 5.75 Å². The number of aliphatic hydroxyl groups is 1. The predicted octanol–water partition coefficient (Wildman–Crippen LogP) is 2.75. The van der Waals surface area contributed by atoms with Crippen molar-refractivity contribution in [1.29, 1.82) is 0 Å². The number of aliphatic imine (C=N–C) groups is 1. The minimum absolute atomic E-state index is 0.000665. The summed E-state index contributed by atoms with van der Waals surface area (Å²) < 4.78 is 5.47. The summed E-state index contributed by atoms with van der Waals surface area (Å²) in [6.07, 6.45) is 2.66. The number of benzene rings is 1. The molecule has 0 amide bonds. The van der Waals surface area contributed by atoms with Gasteiger partial charge in [-0.05, 0) is 44.5 Å². The number of rotatable bonds is 7. The lowest BCUT2D eigenvalue weighted by Crippen LogP contribution is -2.39. The molecule has 0 fully saturated rings. The third kappa shape index (κ3) is 5.46. The topological polar surface area (TPSA) is 78.8 Å². The summed E-state index contributed by atoms with van der Waals surface area (Å²) in [5.41, 5.74) is 3.03. The van der Waals surface area contributed by atoms with Gasteiger partial charge in [-0.3, -0.25) is 9.98 Å². The van der Waals surface area contributed by atoms with Crippen LogP contribution in [0.25, 0.3) is 0 Å². The van der Waals surface area contributed by atoms with Crippen molar-refractivity contribution in [2.75, 3.05) is 20.2 Å². The Labute approximate surface area is 155 Å². The molecule has 3 N–H and O–H groups in total. The number of methoxy groups -OCH3 is 1. The molecule has 1 aromatic heterocycles. The third-order valence-electron chi connectivity index (χ3n) is 4.06. The van der Waals surface area contributed by atoms with Crippen molar-refractivity contribution in [3.63, 3.8) is 0 Å². The normalized spacial score (nSPS) is 13.8. The minimum atomic E-state index is -0.669. The van der Waals surface area contributed by atoms with Crippen LogP contribution in [0.2, 0.25) is 0 Å². The molecule has 1 heterocycles. The zero-order valence-corrected chi connectivity index (χ0v) is 15.9. The van der Waals surface area contributed by atoms with Gasteiger partial charge in [-0.25, -0.2) is 0 Å². The zero-order chi connectivity index (χ0) is 18.9. The third-order valence-corrected chi connectivity index (χ3v) is 4.06. The van der Waals surface area contributed by atoms with Gasteiger partial charge in [0, 0.05) is 24.5 Å². The van der Waals surface area contributed by atoms with Crippen LogP contribution in [-0.2, 0) is 0 Å². The molecule has 6 heteroatoms. The Balaban J connectivity index is 2.10. The van der Waals surface area contributed by atoms with Crippen LogP contribution in [0.3, 0.4) is 0 Å². The van der Waals surface area contributed by atoms with Crippen LogP contribution in [0.15, 0.2) is 47.7 Å². The fraction of sp³-hybridized carbons (Fsp3) is 0.400. The quantitative estimate of drug-likeness (QED) is 0.525. The van der Waals surface area contributed by atoms with Crippen LogP contribution >= 0.6 is 0 Å². The van der Waals surface area contributed by atoms with E-state index in [2.05, 4.69) is 40.5 Å². The Bertz CT molecular complexity index is 719. The van der Waals surface area contributed by atoms with Crippen molar-refractivity contribution < 1.29 is 9.84 Å². The molecule has 1 aromatic carbocycles. The first-order valence-corrected chi connectivity index (χ1v) is 8.82. The highest BCUT2D eigenvalue weighted by molar-refractivity contribution is 5.80. The van der Waals surface area contributed by atoms with Gasteiger partial charge in [0.25, 0.3) is 0 Å². The monoisotopic (exact) mass is 356 g/mol. The van der Waals surface area contributed by atoms with Crippen LogP contribution in [0.4, 0.5) is 0 Å². The molecular weight excluding hydrogens is 328 g/mol. The predicted molar refractivity (Wildman–Crippen MR) is 104 cm³/mol. The molecule has 0 bridgehead atoms. The molecule has 0 aliphatic carbocycles. The first kappa shape index (κ1) is 19.7.